The van der Waals surface area contributed by atoms with E-state index in [1.165, 1.54) is 50.9 Å². The molecule has 0 unspecified atom stereocenters. The quantitative estimate of drug-likeness (QED) is 0.322. The van der Waals surface area contributed by atoms with Gasteiger partial charge in [-0.25, -0.2) is 9.50 Å². The largest absolute Gasteiger partial charge is 0.303 e. The van der Waals surface area contributed by atoms with Crippen LogP contribution in [0.2, 0.25) is 0 Å². The maximum atomic E-state index is 4.78. The highest BCUT2D eigenvalue weighted by atomic mass is 15.2. The predicted octanol–water partition coefficient (Wildman–Crippen LogP) is 5.73. The molecule has 6 rings (SSSR count). The van der Waals surface area contributed by atoms with Gasteiger partial charge in [0.1, 0.15) is 0 Å². The van der Waals surface area contributed by atoms with E-state index in [1.54, 1.807) is 0 Å². The minimum Gasteiger partial charge on any atom is -0.303 e. The molecule has 0 amide bonds. The molecule has 6 heteroatoms. The summed E-state index contributed by atoms with van der Waals surface area (Å²) >= 11 is 0. The van der Waals surface area contributed by atoms with E-state index in [2.05, 4.69) is 39.2 Å². The zero-order valence-electron chi connectivity index (χ0n) is 20.2. The van der Waals surface area contributed by atoms with Crippen molar-refractivity contribution in [3.63, 3.8) is 0 Å². The second-order valence-electron chi connectivity index (χ2n) is 9.55. The van der Waals surface area contributed by atoms with Crippen molar-refractivity contribution in [1.29, 1.82) is 0 Å². The fourth-order valence-corrected chi connectivity index (χ4v) is 5.12. The van der Waals surface area contributed by atoms with Gasteiger partial charge in [-0.1, -0.05) is 30.7 Å². The summed E-state index contributed by atoms with van der Waals surface area (Å²) in [6.07, 6.45) is 14.2. The minimum absolute atomic E-state index is 0.830. The standard InChI is InChI=1S/C29H30N6/c1-21-10-12-25-24(8-5-9-28(25)33-21)26-19-32-35-20-23(18-31-29(26)35)27-13-11-22(17-30-27)7-6-16-34-14-3-2-4-15-34/h5,8-13,17-20H,2-4,6-7,14-16H2,1H3. The SMILES string of the molecule is Cc1ccc2c(-c3cnn4cc(-c5ccc(CCCN6CCCCC6)cn5)cnc34)cccc2n1. The molecular weight excluding hydrogens is 432 g/mol. The van der Waals surface area contributed by atoms with Gasteiger partial charge in [-0.05, 0) is 81.6 Å². The maximum absolute atomic E-state index is 4.78. The molecule has 35 heavy (non-hydrogen) atoms. The second kappa shape index (κ2) is 9.55. The van der Waals surface area contributed by atoms with Gasteiger partial charge in [-0.15, -0.1) is 0 Å². The number of hydrogen-bond donors (Lipinski definition) is 0. The van der Waals surface area contributed by atoms with E-state index < -0.39 is 0 Å². The molecule has 0 atom stereocenters. The van der Waals surface area contributed by atoms with Crippen molar-refractivity contribution in [1.82, 2.24) is 29.5 Å². The van der Waals surface area contributed by atoms with Crippen LogP contribution in [0.15, 0.2) is 67.3 Å². The summed E-state index contributed by atoms with van der Waals surface area (Å²) in [5.74, 6) is 0. The van der Waals surface area contributed by atoms with Gasteiger partial charge in [0.15, 0.2) is 5.65 Å². The van der Waals surface area contributed by atoms with E-state index in [1.807, 2.05) is 54.4 Å². The van der Waals surface area contributed by atoms with Crippen molar-refractivity contribution in [2.75, 3.05) is 19.6 Å². The van der Waals surface area contributed by atoms with E-state index >= 15 is 0 Å². The highest BCUT2D eigenvalue weighted by Crippen LogP contribution is 2.31. The van der Waals surface area contributed by atoms with E-state index in [0.717, 1.165) is 51.0 Å². The van der Waals surface area contributed by atoms with Crippen molar-refractivity contribution in [2.24, 2.45) is 0 Å². The Balaban J connectivity index is 1.21. The lowest BCUT2D eigenvalue weighted by atomic mass is 10.0. The third-order valence-electron chi connectivity index (χ3n) is 7.03. The number of piperidine rings is 1. The summed E-state index contributed by atoms with van der Waals surface area (Å²) < 4.78 is 1.85. The van der Waals surface area contributed by atoms with Gasteiger partial charge in [0.25, 0.3) is 0 Å². The number of aryl methyl sites for hydroxylation is 2. The van der Waals surface area contributed by atoms with Crippen LogP contribution < -0.4 is 0 Å². The summed E-state index contributed by atoms with van der Waals surface area (Å²) in [7, 11) is 0. The Kier molecular flexibility index (Phi) is 5.96. The molecule has 4 aromatic heterocycles. The smallest absolute Gasteiger partial charge is 0.162 e. The van der Waals surface area contributed by atoms with Gasteiger partial charge in [0.2, 0.25) is 0 Å². The number of pyridine rings is 2. The highest BCUT2D eigenvalue weighted by Gasteiger charge is 2.13. The Bertz CT molecular complexity index is 1460. The van der Waals surface area contributed by atoms with Crippen LogP contribution in [0.3, 0.4) is 0 Å². The van der Waals surface area contributed by atoms with Gasteiger partial charge in [0, 0.05) is 40.8 Å². The van der Waals surface area contributed by atoms with Crippen molar-refractivity contribution in [2.45, 2.75) is 39.0 Å². The molecule has 0 radical (unpaired) electrons. The first-order chi connectivity index (χ1) is 17.2. The van der Waals surface area contributed by atoms with E-state index in [0.29, 0.717) is 0 Å². The number of rotatable bonds is 6. The molecule has 1 aromatic carbocycles. The molecule has 6 nitrogen and oxygen atoms in total. The predicted molar refractivity (Wildman–Crippen MR) is 140 cm³/mol. The summed E-state index contributed by atoms with van der Waals surface area (Å²) in [6, 6.07) is 14.7. The van der Waals surface area contributed by atoms with Crippen LogP contribution >= 0.6 is 0 Å². The van der Waals surface area contributed by atoms with Crippen LogP contribution in [0.4, 0.5) is 0 Å². The molecule has 0 bridgehead atoms. The fourth-order valence-electron chi connectivity index (χ4n) is 5.12. The van der Waals surface area contributed by atoms with E-state index in [4.69, 9.17) is 9.97 Å². The number of likely N-dealkylation sites (tertiary alicyclic amines) is 1. The van der Waals surface area contributed by atoms with E-state index in [-0.39, 0.29) is 0 Å². The molecule has 0 saturated carbocycles. The van der Waals surface area contributed by atoms with Gasteiger partial charge < -0.3 is 4.90 Å². The van der Waals surface area contributed by atoms with Crippen LogP contribution in [0.25, 0.3) is 38.9 Å². The Morgan fingerprint density at radius 1 is 0.857 bits per heavy atom. The monoisotopic (exact) mass is 462 g/mol. The second-order valence-corrected chi connectivity index (χ2v) is 9.55. The molecule has 1 aliphatic rings. The van der Waals surface area contributed by atoms with Crippen molar-refractivity contribution in [3.05, 3.63) is 78.5 Å². The van der Waals surface area contributed by atoms with Crippen LogP contribution in [0.5, 0.6) is 0 Å². The normalized spacial score (nSPS) is 14.7. The fraction of sp³-hybridized carbons (Fsp3) is 0.310. The Hall–Kier alpha value is -3.64. The average Bonchev–Trinajstić information content (AvgIpc) is 3.32. The molecule has 0 N–H and O–H groups in total. The lowest BCUT2D eigenvalue weighted by Gasteiger charge is -2.26. The first kappa shape index (κ1) is 21.9. The molecule has 176 valence electrons. The van der Waals surface area contributed by atoms with Gasteiger partial charge in [-0.2, -0.15) is 5.10 Å². The van der Waals surface area contributed by atoms with Crippen molar-refractivity contribution >= 4 is 16.6 Å². The molecule has 5 heterocycles. The molecule has 5 aromatic rings. The molecular formula is C29H30N6. The Morgan fingerprint density at radius 3 is 2.63 bits per heavy atom. The zero-order chi connectivity index (χ0) is 23.6. The number of fused-ring (bicyclic) bond motifs is 2. The van der Waals surface area contributed by atoms with Gasteiger partial charge in [0.05, 0.1) is 17.4 Å². The number of hydrogen-bond acceptors (Lipinski definition) is 5. The zero-order valence-corrected chi connectivity index (χ0v) is 20.2. The number of benzene rings is 1. The topological polar surface area (TPSA) is 59.2 Å². The average molecular weight is 463 g/mol. The van der Waals surface area contributed by atoms with E-state index in [9.17, 15) is 0 Å². The van der Waals surface area contributed by atoms with Crippen LogP contribution in [-0.2, 0) is 6.42 Å². The van der Waals surface area contributed by atoms with Crippen molar-refractivity contribution < 1.29 is 0 Å². The summed E-state index contributed by atoms with van der Waals surface area (Å²) in [5, 5.41) is 5.72. The Labute approximate surface area is 205 Å². The lowest BCUT2D eigenvalue weighted by Crippen LogP contribution is -2.30. The molecule has 0 aliphatic carbocycles. The lowest BCUT2D eigenvalue weighted by molar-refractivity contribution is 0.226. The van der Waals surface area contributed by atoms with Crippen LogP contribution in [0.1, 0.15) is 36.9 Å². The highest BCUT2D eigenvalue weighted by molar-refractivity contribution is 5.98. The van der Waals surface area contributed by atoms with Crippen LogP contribution in [0, 0.1) is 6.92 Å². The number of aromatic nitrogens is 5. The first-order valence-corrected chi connectivity index (χ1v) is 12.6. The number of nitrogens with zero attached hydrogens (tertiary/aromatic N) is 6. The minimum atomic E-state index is 0.830. The summed E-state index contributed by atoms with van der Waals surface area (Å²) in [6.45, 7) is 5.73. The molecule has 1 saturated heterocycles. The molecule has 1 fully saturated rings. The van der Waals surface area contributed by atoms with Crippen LogP contribution in [-0.4, -0.2) is 49.1 Å². The summed E-state index contributed by atoms with van der Waals surface area (Å²) in [5.41, 5.74) is 8.10. The van der Waals surface area contributed by atoms with Crippen molar-refractivity contribution in [3.8, 4) is 22.4 Å². The first-order valence-electron chi connectivity index (χ1n) is 12.6. The Morgan fingerprint density at radius 2 is 1.77 bits per heavy atom. The van der Waals surface area contributed by atoms with Gasteiger partial charge >= 0.3 is 0 Å². The van der Waals surface area contributed by atoms with Gasteiger partial charge in [-0.3, -0.25) is 9.97 Å². The third kappa shape index (κ3) is 4.54. The maximum Gasteiger partial charge on any atom is 0.162 e. The molecule has 1 aliphatic heterocycles. The molecule has 0 spiro atoms. The summed E-state index contributed by atoms with van der Waals surface area (Å²) in [4.78, 5) is 16.8. The third-order valence-corrected chi connectivity index (χ3v) is 7.03.